The van der Waals surface area contributed by atoms with Crippen LogP contribution in [0.2, 0.25) is 0 Å². The molecule has 0 radical (unpaired) electrons. The second-order valence-electron chi connectivity index (χ2n) is 5.77. The quantitative estimate of drug-likeness (QED) is 0.913. The second kappa shape index (κ2) is 5.94. The lowest BCUT2D eigenvalue weighted by atomic mass is 9.97. The van der Waals surface area contributed by atoms with E-state index in [2.05, 4.69) is 5.16 Å². The summed E-state index contributed by atoms with van der Waals surface area (Å²) in [5.74, 6) is -0.143. The first-order valence-electron chi connectivity index (χ1n) is 7.36. The van der Waals surface area contributed by atoms with Gasteiger partial charge in [0.25, 0.3) is 5.91 Å². The van der Waals surface area contributed by atoms with Crippen LogP contribution in [0.25, 0.3) is 0 Å². The molecule has 0 aliphatic carbocycles. The minimum atomic E-state index is -4.54. The van der Waals surface area contributed by atoms with Gasteiger partial charge in [-0.25, -0.2) is 0 Å². The molecule has 2 heterocycles. The third-order valence-electron chi connectivity index (χ3n) is 4.01. The molecular formula is C16H15F3N2O3. The minimum absolute atomic E-state index is 0.0103. The van der Waals surface area contributed by atoms with Crippen LogP contribution in [0.4, 0.5) is 13.2 Å². The molecule has 1 amide bonds. The van der Waals surface area contributed by atoms with Crippen molar-refractivity contribution in [2.75, 3.05) is 6.54 Å². The van der Waals surface area contributed by atoms with Crippen LogP contribution in [0.15, 0.2) is 34.9 Å². The number of nitrogens with zero attached hydrogens (tertiary/aromatic N) is 2. The Bertz CT molecular complexity index is 757. The van der Waals surface area contributed by atoms with E-state index in [4.69, 9.17) is 4.52 Å². The molecule has 3 rings (SSSR count). The van der Waals surface area contributed by atoms with Gasteiger partial charge in [0.05, 0.1) is 17.7 Å². The largest absolute Gasteiger partial charge is 0.416 e. The number of hydrogen-bond acceptors (Lipinski definition) is 4. The maximum atomic E-state index is 13.3. The molecule has 1 aromatic heterocycles. The number of alkyl halides is 3. The number of aliphatic hydroxyl groups excluding tert-OH is 1. The monoisotopic (exact) mass is 340 g/mol. The number of β-amino-alcohol motifs (C(OH)–C–C–N with tert-alkyl or cyclic N) is 1. The molecule has 1 aliphatic rings. The van der Waals surface area contributed by atoms with Gasteiger partial charge < -0.3 is 14.5 Å². The third-order valence-corrected chi connectivity index (χ3v) is 4.01. The van der Waals surface area contributed by atoms with Gasteiger partial charge in [0, 0.05) is 12.6 Å². The van der Waals surface area contributed by atoms with Crippen LogP contribution in [0, 0.1) is 6.92 Å². The predicted molar refractivity (Wildman–Crippen MR) is 77.1 cm³/mol. The molecule has 0 unspecified atom stereocenters. The summed E-state index contributed by atoms with van der Waals surface area (Å²) in [6, 6.07) is 5.63. The fraction of sp³-hybridized carbons (Fsp3) is 0.375. The fourth-order valence-electron chi connectivity index (χ4n) is 2.99. The van der Waals surface area contributed by atoms with Crippen molar-refractivity contribution < 1.29 is 27.6 Å². The highest BCUT2D eigenvalue weighted by Gasteiger charge is 2.42. The van der Waals surface area contributed by atoms with Gasteiger partial charge in [-0.05, 0) is 25.0 Å². The number of aliphatic hydroxyl groups is 1. The first-order valence-corrected chi connectivity index (χ1v) is 7.36. The molecule has 8 heteroatoms. The molecule has 0 spiro atoms. The van der Waals surface area contributed by atoms with Gasteiger partial charge >= 0.3 is 6.18 Å². The Morgan fingerprint density at radius 3 is 2.71 bits per heavy atom. The third kappa shape index (κ3) is 3.01. The highest BCUT2D eigenvalue weighted by atomic mass is 19.4. The van der Waals surface area contributed by atoms with Crippen LogP contribution in [0.3, 0.4) is 0 Å². The molecule has 2 atom stereocenters. The van der Waals surface area contributed by atoms with Crippen molar-refractivity contribution >= 4 is 5.91 Å². The Balaban J connectivity index is 1.99. The lowest BCUT2D eigenvalue weighted by Gasteiger charge is -2.26. The van der Waals surface area contributed by atoms with E-state index in [1.807, 2.05) is 0 Å². The fourth-order valence-corrected chi connectivity index (χ4v) is 2.99. The molecule has 128 valence electrons. The number of rotatable bonds is 2. The zero-order valence-corrected chi connectivity index (χ0v) is 12.7. The maximum absolute atomic E-state index is 13.3. The second-order valence-corrected chi connectivity index (χ2v) is 5.77. The molecule has 2 aromatic rings. The first kappa shape index (κ1) is 16.5. The molecular weight excluding hydrogens is 325 g/mol. The standard InChI is InChI=1S/C16H15F3N2O3/c1-9-6-13(20-24-9)15(23)21-8-10(22)7-14(21)11-4-2-3-5-12(11)16(17,18)19/h2-6,10,14,22H,7-8H2,1H3/t10-,14+/m0/s1. The normalized spacial score (nSPS) is 21.3. The van der Waals surface area contributed by atoms with Crippen LogP contribution >= 0.6 is 0 Å². The number of amides is 1. The molecule has 1 aromatic carbocycles. The van der Waals surface area contributed by atoms with Crippen LogP contribution < -0.4 is 0 Å². The average molecular weight is 340 g/mol. The SMILES string of the molecule is Cc1cc(C(=O)N2C[C@@H](O)C[C@@H]2c2ccccc2C(F)(F)F)no1. The highest BCUT2D eigenvalue weighted by Crippen LogP contribution is 2.40. The smallest absolute Gasteiger partial charge is 0.391 e. The number of hydrogen-bond donors (Lipinski definition) is 1. The van der Waals surface area contributed by atoms with E-state index >= 15 is 0 Å². The number of halogens is 3. The van der Waals surface area contributed by atoms with E-state index in [-0.39, 0.29) is 24.2 Å². The van der Waals surface area contributed by atoms with Gasteiger partial charge in [0.2, 0.25) is 0 Å². The maximum Gasteiger partial charge on any atom is 0.416 e. The van der Waals surface area contributed by atoms with Gasteiger partial charge in [0.1, 0.15) is 5.76 Å². The first-order chi connectivity index (χ1) is 11.3. The van der Waals surface area contributed by atoms with E-state index in [0.29, 0.717) is 5.76 Å². The topological polar surface area (TPSA) is 66.6 Å². The zero-order chi connectivity index (χ0) is 17.5. The molecule has 1 fully saturated rings. The lowest BCUT2D eigenvalue weighted by Crippen LogP contribution is -2.32. The summed E-state index contributed by atoms with van der Waals surface area (Å²) in [4.78, 5) is 13.8. The molecule has 1 N–H and O–H groups in total. The summed E-state index contributed by atoms with van der Waals surface area (Å²) in [5, 5.41) is 13.5. The van der Waals surface area contributed by atoms with Gasteiger partial charge in [-0.1, -0.05) is 23.4 Å². The average Bonchev–Trinajstić information content (AvgIpc) is 3.12. The van der Waals surface area contributed by atoms with Crippen molar-refractivity contribution in [3.8, 4) is 0 Å². The predicted octanol–water partition coefficient (Wildman–Crippen LogP) is 2.95. The minimum Gasteiger partial charge on any atom is -0.391 e. The van der Waals surface area contributed by atoms with Crippen LogP contribution in [0.1, 0.15) is 39.8 Å². The van der Waals surface area contributed by atoms with E-state index in [0.717, 1.165) is 6.07 Å². The van der Waals surface area contributed by atoms with Gasteiger partial charge in [-0.15, -0.1) is 0 Å². The van der Waals surface area contributed by atoms with Crippen LogP contribution in [-0.2, 0) is 6.18 Å². The van der Waals surface area contributed by atoms with E-state index in [9.17, 15) is 23.1 Å². The Labute approximate surface area is 135 Å². The van der Waals surface area contributed by atoms with Crippen LogP contribution in [-0.4, -0.2) is 33.7 Å². The number of carbonyl (C=O) groups is 1. The van der Waals surface area contributed by atoms with E-state index in [1.54, 1.807) is 6.92 Å². The van der Waals surface area contributed by atoms with E-state index in [1.165, 1.54) is 29.2 Å². The van der Waals surface area contributed by atoms with Crippen molar-refractivity contribution in [3.63, 3.8) is 0 Å². The summed E-state index contributed by atoms with van der Waals surface area (Å²) in [6.07, 6.45) is -5.40. The van der Waals surface area contributed by atoms with Gasteiger partial charge in [-0.2, -0.15) is 13.2 Å². The van der Waals surface area contributed by atoms with Crippen molar-refractivity contribution in [1.29, 1.82) is 0 Å². The van der Waals surface area contributed by atoms with Crippen molar-refractivity contribution in [1.82, 2.24) is 10.1 Å². The Hall–Kier alpha value is -2.35. The number of likely N-dealkylation sites (tertiary alicyclic amines) is 1. The molecule has 1 aliphatic heterocycles. The highest BCUT2D eigenvalue weighted by molar-refractivity contribution is 5.92. The molecule has 1 saturated heterocycles. The number of carbonyl (C=O) groups excluding carboxylic acids is 1. The van der Waals surface area contributed by atoms with E-state index < -0.39 is 29.8 Å². The van der Waals surface area contributed by atoms with Gasteiger partial charge in [0.15, 0.2) is 5.69 Å². The Morgan fingerprint density at radius 1 is 1.38 bits per heavy atom. The van der Waals surface area contributed by atoms with Crippen molar-refractivity contribution in [3.05, 3.63) is 52.9 Å². The zero-order valence-electron chi connectivity index (χ0n) is 12.7. The van der Waals surface area contributed by atoms with Crippen molar-refractivity contribution in [2.24, 2.45) is 0 Å². The number of aryl methyl sites for hydroxylation is 1. The Morgan fingerprint density at radius 2 is 2.08 bits per heavy atom. The molecule has 5 nitrogen and oxygen atoms in total. The molecule has 0 saturated carbocycles. The lowest BCUT2D eigenvalue weighted by molar-refractivity contribution is -0.138. The summed E-state index contributed by atoms with van der Waals surface area (Å²) >= 11 is 0. The number of aromatic nitrogens is 1. The van der Waals surface area contributed by atoms with Crippen LogP contribution in [0.5, 0.6) is 0 Å². The summed E-state index contributed by atoms with van der Waals surface area (Å²) in [6.45, 7) is 1.56. The Kier molecular flexibility index (Phi) is 4.08. The number of benzene rings is 1. The molecule has 0 bridgehead atoms. The summed E-state index contributed by atoms with van der Waals surface area (Å²) in [7, 11) is 0. The summed E-state index contributed by atoms with van der Waals surface area (Å²) in [5.41, 5.74) is -0.829. The summed E-state index contributed by atoms with van der Waals surface area (Å²) < 4.78 is 44.6. The van der Waals surface area contributed by atoms with Crippen molar-refractivity contribution in [2.45, 2.75) is 31.7 Å². The van der Waals surface area contributed by atoms with Gasteiger partial charge in [-0.3, -0.25) is 4.79 Å². The molecule has 24 heavy (non-hydrogen) atoms.